The molecular formula is C21H20N4O4. The summed E-state index contributed by atoms with van der Waals surface area (Å²) in [6, 6.07) is 16.2. The molecule has 8 heteroatoms. The van der Waals surface area contributed by atoms with Crippen LogP contribution in [0.2, 0.25) is 0 Å². The Morgan fingerprint density at radius 3 is 2.48 bits per heavy atom. The Balaban J connectivity index is 1.56. The molecule has 0 fully saturated rings. The first-order chi connectivity index (χ1) is 14.0. The van der Waals surface area contributed by atoms with Gasteiger partial charge in [-0.05, 0) is 31.2 Å². The van der Waals surface area contributed by atoms with Gasteiger partial charge in [0.2, 0.25) is 5.91 Å². The van der Waals surface area contributed by atoms with Gasteiger partial charge in [-0.2, -0.15) is 0 Å². The van der Waals surface area contributed by atoms with Crippen molar-refractivity contribution in [2.75, 3.05) is 5.32 Å². The van der Waals surface area contributed by atoms with Gasteiger partial charge >= 0.3 is 5.76 Å². The SMILES string of the molecule is Cc1c(NC(=O)CCn2c(=O)oc3ccccc32)c(=O)n(-c2ccccc2)n1C. The van der Waals surface area contributed by atoms with Crippen LogP contribution in [0, 0.1) is 6.92 Å². The first-order valence-corrected chi connectivity index (χ1v) is 9.19. The molecule has 0 unspecified atom stereocenters. The molecule has 0 aliphatic rings. The molecule has 1 N–H and O–H groups in total. The lowest BCUT2D eigenvalue weighted by Crippen LogP contribution is -2.24. The van der Waals surface area contributed by atoms with E-state index < -0.39 is 5.76 Å². The van der Waals surface area contributed by atoms with Gasteiger partial charge in [0.15, 0.2) is 5.58 Å². The van der Waals surface area contributed by atoms with E-state index in [2.05, 4.69) is 5.32 Å². The molecule has 4 rings (SSSR count). The molecule has 0 aliphatic carbocycles. The van der Waals surface area contributed by atoms with Gasteiger partial charge in [0.1, 0.15) is 5.69 Å². The normalized spacial score (nSPS) is 11.1. The number of nitrogens with one attached hydrogen (secondary N) is 1. The summed E-state index contributed by atoms with van der Waals surface area (Å²) in [4.78, 5) is 37.4. The lowest BCUT2D eigenvalue weighted by molar-refractivity contribution is -0.116. The van der Waals surface area contributed by atoms with Crippen LogP contribution >= 0.6 is 0 Å². The Hall–Kier alpha value is -3.81. The van der Waals surface area contributed by atoms with Crippen molar-refractivity contribution in [1.82, 2.24) is 13.9 Å². The van der Waals surface area contributed by atoms with Gasteiger partial charge in [-0.3, -0.25) is 18.8 Å². The van der Waals surface area contributed by atoms with Crippen molar-refractivity contribution in [2.24, 2.45) is 7.05 Å². The zero-order chi connectivity index (χ0) is 20.5. The minimum atomic E-state index is -0.513. The van der Waals surface area contributed by atoms with Gasteiger partial charge in [0, 0.05) is 20.0 Å². The number of oxazole rings is 1. The number of aryl methyl sites for hydroxylation is 1. The number of hydrogen-bond donors (Lipinski definition) is 1. The smallest absolute Gasteiger partial charge is 0.408 e. The van der Waals surface area contributed by atoms with Crippen LogP contribution in [0.1, 0.15) is 12.1 Å². The van der Waals surface area contributed by atoms with Crippen molar-refractivity contribution in [3.05, 3.63) is 81.2 Å². The number of nitrogens with zero attached hydrogens (tertiary/aromatic N) is 3. The van der Waals surface area contributed by atoms with Crippen LogP contribution in [0.25, 0.3) is 16.8 Å². The maximum absolute atomic E-state index is 12.9. The molecule has 0 atom stereocenters. The second-order valence-corrected chi connectivity index (χ2v) is 6.72. The summed E-state index contributed by atoms with van der Waals surface area (Å²) in [6.07, 6.45) is 0.0303. The molecule has 0 bridgehead atoms. The van der Waals surface area contributed by atoms with Crippen molar-refractivity contribution in [2.45, 2.75) is 19.9 Å². The van der Waals surface area contributed by atoms with E-state index in [4.69, 9.17) is 4.42 Å². The summed E-state index contributed by atoms with van der Waals surface area (Å²) in [6.45, 7) is 1.92. The predicted molar refractivity (Wildman–Crippen MR) is 109 cm³/mol. The average molecular weight is 392 g/mol. The standard InChI is InChI=1S/C21H20N4O4/c1-14-19(20(27)25(23(14)2)15-8-4-3-5-9-15)22-18(26)12-13-24-16-10-6-7-11-17(16)29-21(24)28/h3-11H,12-13H2,1-2H3,(H,22,26). The highest BCUT2D eigenvalue weighted by Crippen LogP contribution is 2.15. The molecule has 4 aromatic rings. The molecule has 148 valence electrons. The molecule has 2 aromatic heterocycles. The zero-order valence-corrected chi connectivity index (χ0v) is 16.1. The van der Waals surface area contributed by atoms with E-state index in [0.717, 1.165) is 0 Å². The summed E-state index contributed by atoms with van der Waals surface area (Å²) in [5.74, 6) is -0.866. The fourth-order valence-corrected chi connectivity index (χ4v) is 3.35. The average Bonchev–Trinajstić information content (AvgIpc) is 3.15. The third kappa shape index (κ3) is 3.29. The van der Waals surface area contributed by atoms with E-state index in [-0.39, 0.29) is 30.1 Å². The molecule has 0 radical (unpaired) electrons. The van der Waals surface area contributed by atoms with Crippen LogP contribution in [0.15, 0.2) is 68.6 Å². The lowest BCUT2D eigenvalue weighted by Gasteiger charge is -2.07. The predicted octanol–water partition coefficient (Wildman–Crippen LogP) is 2.42. The van der Waals surface area contributed by atoms with Gasteiger partial charge in [-0.1, -0.05) is 30.3 Å². The van der Waals surface area contributed by atoms with Crippen LogP contribution in [-0.4, -0.2) is 19.8 Å². The van der Waals surface area contributed by atoms with Crippen molar-refractivity contribution in [3.63, 3.8) is 0 Å². The number of rotatable bonds is 5. The van der Waals surface area contributed by atoms with Crippen LogP contribution in [0.3, 0.4) is 0 Å². The molecule has 1 amide bonds. The second kappa shape index (κ2) is 7.31. The van der Waals surface area contributed by atoms with E-state index >= 15 is 0 Å². The molecule has 0 spiro atoms. The largest absolute Gasteiger partial charge is 0.419 e. The van der Waals surface area contributed by atoms with E-state index in [1.54, 1.807) is 42.9 Å². The number of para-hydroxylation sites is 3. The summed E-state index contributed by atoms with van der Waals surface area (Å²) < 4.78 is 9.78. The van der Waals surface area contributed by atoms with Gasteiger partial charge in [-0.15, -0.1) is 0 Å². The summed E-state index contributed by atoms with van der Waals surface area (Å²) in [5, 5.41) is 2.70. The Kier molecular flexibility index (Phi) is 4.67. The fraction of sp³-hybridized carbons (Fsp3) is 0.190. The molecule has 2 heterocycles. The first-order valence-electron chi connectivity index (χ1n) is 9.19. The van der Waals surface area contributed by atoms with Crippen LogP contribution in [-0.2, 0) is 18.4 Å². The molecule has 29 heavy (non-hydrogen) atoms. The Morgan fingerprint density at radius 2 is 1.72 bits per heavy atom. The minimum absolute atomic E-state index is 0.0303. The van der Waals surface area contributed by atoms with Gasteiger partial charge in [0.05, 0.1) is 16.9 Å². The molecular weight excluding hydrogens is 372 g/mol. The highest BCUT2D eigenvalue weighted by Gasteiger charge is 2.18. The third-order valence-corrected chi connectivity index (χ3v) is 4.95. The number of carbonyl (C=O) groups excluding carboxylic acids is 1. The van der Waals surface area contributed by atoms with Crippen LogP contribution < -0.4 is 16.6 Å². The highest BCUT2D eigenvalue weighted by atomic mass is 16.4. The van der Waals surface area contributed by atoms with Crippen LogP contribution in [0.5, 0.6) is 0 Å². The van der Waals surface area contributed by atoms with E-state index in [1.165, 1.54) is 9.25 Å². The van der Waals surface area contributed by atoms with Crippen molar-refractivity contribution in [1.29, 1.82) is 0 Å². The number of aromatic nitrogens is 3. The highest BCUT2D eigenvalue weighted by molar-refractivity contribution is 5.91. The Labute approximate surface area is 165 Å². The van der Waals surface area contributed by atoms with E-state index in [0.29, 0.717) is 22.5 Å². The third-order valence-electron chi connectivity index (χ3n) is 4.95. The number of fused-ring (bicyclic) bond motifs is 1. The fourth-order valence-electron chi connectivity index (χ4n) is 3.35. The van der Waals surface area contributed by atoms with E-state index in [9.17, 15) is 14.4 Å². The van der Waals surface area contributed by atoms with Gasteiger partial charge < -0.3 is 9.73 Å². The van der Waals surface area contributed by atoms with Gasteiger partial charge in [-0.25, -0.2) is 9.48 Å². The number of anilines is 1. The molecule has 8 nitrogen and oxygen atoms in total. The van der Waals surface area contributed by atoms with Crippen molar-refractivity contribution >= 4 is 22.7 Å². The van der Waals surface area contributed by atoms with E-state index in [1.807, 2.05) is 30.3 Å². The Morgan fingerprint density at radius 1 is 1.03 bits per heavy atom. The molecule has 0 aliphatic heterocycles. The zero-order valence-electron chi connectivity index (χ0n) is 16.1. The monoisotopic (exact) mass is 392 g/mol. The molecule has 0 saturated heterocycles. The number of carbonyl (C=O) groups is 1. The summed E-state index contributed by atoms with van der Waals surface area (Å²) >= 11 is 0. The quantitative estimate of drug-likeness (QED) is 0.565. The first kappa shape index (κ1) is 18.5. The lowest BCUT2D eigenvalue weighted by atomic mass is 10.3. The summed E-state index contributed by atoms with van der Waals surface area (Å²) in [5.41, 5.74) is 2.37. The number of hydrogen-bond acceptors (Lipinski definition) is 4. The summed E-state index contributed by atoms with van der Waals surface area (Å²) in [7, 11) is 1.76. The minimum Gasteiger partial charge on any atom is -0.408 e. The maximum atomic E-state index is 12.9. The number of amides is 1. The van der Waals surface area contributed by atoms with Crippen LogP contribution in [0.4, 0.5) is 5.69 Å². The van der Waals surface area contributed by atoms with Crippen molar-refractivity contribution < 1.29 is 9.21 Å². The second-order valence-electron chi connectivity index (χ2n) is 6.72. The Bertz CT molecular complexity index is 1310. The van der Waals surface area contributed by atoms with Crippen molar-refractivity contribution in [3.8, 4) is 5.69 Å². The maximum Gasteiger partial charge on any atom is 0.419 e. The molecule has 2 aromatic carbocycles. The number of benzene rings is 2. The topological polar surface area (TPSA) is 91.2 Å². The van der Waals surface area contributed by atoms with Gasteiger partial charge in [0.25, 0.3) is 5.56 Å². The molecule has 0 saturated carbocycles.